The van der Waals surface area contributed by atoms with Gasteiger partial charge in [0.25, 0.3) is 5.91 Å². The standard InChI is InChI=1S/C16H14N2O2/c19-15-12-8-4-5-9-14(12)17-10-13(15)16(20)18-11-6-2-1-3-7-11/h1-10,15,17,19H,(H,18,20). The molecule has 0 saturated heterocycles. The number of para-hydroxylation sites is 2. The van der Waals surface area contributed by atoms with Gasteiger partial charge in [-0.2, -0.15) is 0 Å². The fourth-order valence-corrected chi connectivity index (χ4v) is 2.18. The van der Waals surface area contributed by atoms with Crippen LogP contribution in [0, 0.1) is 0 Å². The fourth-order valence-electron chi connectivity index (χ4n) is 2.18. The SMILES string of the molecule is O=C(Nc1ccccc1)C1=CNc2ccccc2C1O. The van der Waals surface area contributed by atoms with Crippen LogP contribution in [0.5, 0.6) is 0 Å². The lowest BCUT2D eigenvalue weighted by Crippen LogP contribution is -2.23. The van der Waals surface area contributed by atoms with Crippen molar-refractivity contribution in [2.45, 2.75) is 6.10 Å². The predicted molar refractivity (Wildman–Crippen MR) is 78.2 cm³/mol. The predicted octanol–water partition coefficient (Wildman–Crippen LogP) is 2.67. The van der Waals surface area contributed by atoms with Gasteiger partial charge in [0.1, 0.15) is 6.10 Å². The van der Waals surface area contributed by atoms with Crippen LogP contribution in [0.25, 0.3) is 0 Å². The normalized spacial score (nSPS) is 16.6. The molecular formula is C16H14N2O2. The molecule has 4 nitrogen and oxygen atoms in total. The zero-order valence-electron chi connectivity index (χ0n) is 10.7. The number of hydrogen-bond acceptors (Lipinski definition) is 3. The Morgan fingerprint density at radius 2 is 1.75 bits per heavy atom. The number of fused-ring (bicyclic) bond motifs is 1. The number of aliphatic hydroxyl groups is 1. The summed E-state index contributed by atoms with van der Waals surface area (Å²) in [5.41, 5.74) is 2.52. The maximum Gasteiger partial charge on any atom is 0.256 e. The van der Waals surface area contributed by atoms with E-state index >= 15 is 0 Å². The van der Waals surface area contributed by atoms with Crippen molar-refractivity contribution in [2.24, 2.45) is 0 Å². The van der Waals surface area contributed by atoms with Crippen LogP contribution in [0.2, 0.25) is 0 Å². The number of hydrogen-bond donors (Lipinski definition) is 3. The summed E-state index contributed by atoms with van der Waals surface area (Å²) in [6.45, 7) is 0. The van der Waals surface area contributed by atoms with Gasteiger partial charge in [-0.1, -0.05) is 36.4 Å². The molecule has 1 aliphatic rings. The molecule has 0 fully saturated rings. The Morgan fingerprint density at radius 3 is 2.55 bits per heavy atom. The molecule has 2 aromatic rings. The molecule has 0 radical (unpaired) electrons. The number of rotatable bonds is 2. The van der Waals surface area contributed by atoms with Crippen molar-refractivity contribution in [3.05, 3.63) is 71.9 Å². The second-order valence-corrected chi connectivity index (χ2v) is 4.55. The van der Waals surface area contributed by atoms with Crippen LogP contribution < -0.4 is 10.6 Å². The van der Waals surface area contributed by atoms with Crippen LogP contribution in [-0.2, 0) is 4.79 Å². The number of carbonyl (C=O) groups is 1. The molecule has 0 aromatic heterocycles. The first-order valence-corrected chi connectivity index (χ1v) is 6.36. The van der Waals surface area contributed by atoms with Crippen LogP contribution in [0.3, 0.4) is 0 Å². The van der Waals surface area contributed by atoms with Gasteiger partial charge in [-0.05, 0) is 18.2 Å². The van der Waals surface area contributed by atoms with Crippen molar-refractivity contribution in [1.82, 2.24) is 0 Å². The molecular weight excluding hydrogens is 252 g/mol. The molecule has 20 heavy (non-hydrogen) atoms. The maximum absolute atomic E-state index is 12.2. The number of benzene rings is 2. The number of amides is 1. The Bertz CT molecular complexity index is 665. The Morgan fingerprint density at radius 1 is 1.05 bits per heavy atom. The average Bonchev–Trinajstić information content (AvgIpc) is 2.49. The first-order chi connectivity index (χ1) is 9.75. The quantitative estimate of drug-likeness (QED) is 0.783. The molecule has 0 aliphatic carbocycles. The summed E-state index contributed by atoms with van der Waals surface area (Å²) in [7, 11) is 0. The van der Waals surface area contributed by atoms with Crippen LogP contribution in [-0.4, -0.2) is 11.0 Å². The number of carbonyl (C=O) groups excluding carboxylic acids is 1. The maximum atomic E-state index is 12.2. The zero-order chi connectivity index (χ0) is 13.9. The fraction of sp³-hybridized carbons (Fsp3) is 0.0625. The first-order valence-electron chi connectivity index (χ1n) is 6.36. The van der Waals surface area contributed by atoms with E-state index in [-0.39, 0.29) is 5.91 Å². The summed E-state index contributed by atoms with van der Waals surface area (Å²) in [5, 5.41) is 16.1. The molecule has 0 saturated carbocycles. The van der Waals surface area contributed by atoms with Crippen molar-refractivity contribution in [3.63, 3.8) is 0 Å². The average molecular weight is 266 g/mol. The van der Waals surface area contributed by atoms with Gasteiger partial charge < -0.3 is 15.7 Å². The lowest BCUT2D eigenvalue weighted by atomic mass is 9.97. The van der Waals surface area contributed by atoms with Gasteiger partial charge >= 0.3 is 0 Å². The summed E-state index contributed by atoms with van der Waals surface area (Å²) >= 11 is 0. The summed E-state index contributed by atoms with van der Waals surface area (Å²) in [6.07, 6.45) is 0.627. The van der Waals surface area contributed by atoms with Crippen molar-refractivity contribution in [2.75, 3.05) is 10.6 Å². The minimum absolute atomic E-state index is 0.299. The van der Waals surface area contributed by atoms with Gasteiger partial charge in [-0.25, -0.2) is 0 Å². The third-order valence-electron chi connectivity index (χ3n) is 3.23. The smallest absolute Gasteiger partial charge is 0.256 e. The van der Waals surface area contributed by atoms with Gasteiger partial charge in [-0.15, -0.1) is 0 Å². The van der Waals surface area contributed by atoms with Crippen LogP contribution >= 0.6 is 0 Å². The van der Waals surface area contributed by atoms with Crippen LogP contribution in [0.1, 0.15) is 11.7 Å². The molecule has 1 unspecified atom stereocenters. The van der Waals surface area contributed by atoms with E-state index in [1.54, 1.807) is 24.4 Å². The molecule has 1 aliphatic heterocycles. The van der Waals surface area contributed by atoms with E-state index in [9.17, 15) is 9.90 Å². The molecule has 4 heteroatoms. The number of aliphatic hydroxyl groups excluding tert-OH is 1. The van der Waals surface area contributed by atoms with Crippen molar-refractivity contribution in [3.8, 4) is 0 Å². The van der Waals surface area contributed by atoms with E-state index < -0.39 is 6.10 Å². The Hall–Kier alpha value is -2.59. The third kappa shape index (κ3) is 2.29. The summed E-state index contributed by atoms with van der Waals surface area (Å²) in [4.78, 5) is 12.2. The van der Waals surface area contributed by atoms with Crippen molar-refractivity contribution >= 4 is 17.3 Å². The largest absolute Gasteiger partial charge is 0.383 e. The van der Waals surface area contributed by atoms with E-state index in [0.717, 1.165) is 5.69 Å². The Kier molecular flexibility index (Phi) is 3.23. The first kappa shape index (κ1) is 12.4. The van der Waals surface area contributed by atoms with E-state index in [1.165, 1.54) is 0 Å². The molecule has 0 spiro atoms. The summed E-state index contributed by atoms with van der Waals surface area (Å²) in [6, 6.07) is 16.5. The molecule has 0 bridgehead atoms. The molecule has 1 amide bonds. The highest BCUT2D eigenvalue weighted by Gasteiger charge is 2.25. The van der Waals surface area contributed by atoms with Crippen LogP contribution in [0.4, 0.5) is 11.4 Å². The lowest BCUT2D eigenvalue weighted by Gasteiger charge is -2.23. The number of anilines is 2. The molecule has 3 rings (SSSR count). The van der Waals surface area contributed by atoms with E-state index in [0.29, 0.717) is 16.8 Å². The Balaban J connectivity index is 1.82. The van der Waals surface area contributed by atoms with Crippen molar-refractivity contribution < 1.29 is 9.90 Å². The highest BCUT2D eigenvalue weighted by atomic mass is 16.3. The van der Waals surface area contributed by atoms with Gasteiger partial charge in [0.2, 0.25) is 0 Å². The second kappa shape index (κ2) is 5.19. The molecule has 100 valence electrons. The summed E-state index contributed by atoms with van der Waals surface area (Å²) < 4.78 is 0. The Labute approximate surface area is 116 Å². The monoisotopic (exact) mass is 266 g/mol. The van der Waals surface area contributed by atoms with Crippen molar-refractivity contribution in [1.29, 1.82) is 0 Å². The lowest BCUT2D eigenvalue weighted by molar-refractivity contribution is -0.113. The van der Waals surface area contributed by atoms with Gasteiger partial charge in [0.15, 0.2) is 0 Å². The minimum atomic E-state index is -0.920. The highest BCUT2D eigenvalue weighted by Crippen LogP contribution is 2.32. The molecule has 1 atom stereocenters. The highest BCUT2D eigenvalue weighted by molar-refractivity contribution is 6.05. The van der Waals surface area contributed by atoms with Gasteiger partial charge in [0, 0.05) is 23.1 Å². The van der Waals surface area contributed by atoms with Gasteiger partial charge in [-0.3, -0.25) is 4.79 Å². The minimum Gasteiger partial charge on any atom is -0.383 e. The molecule has 1 heterocycles. The van der Waals surface area contributed by atoms with E-state index in [4.69, 9.17) is 0 Å². The molecule has 3 N–H and O–H groups in total. The topological polar surface area (TPSA) is 61.4 Å². The van der Waals surface area contributed by atoms with Crippen LogP contribution in [0.15, 0.2) is 66.4 Å². The molecule has 2 aromatic carbocycles. The summed E-state index contributed by atoms with van der Waals surface area (Å²) in [5.74, 6) is -0.314. The van der Waals surface area contributed by atoms with E-state index in [1.807, 2.05) is 36.4 Å². The second-order valence-electron chi connectivity index (χ2n) is 4.55. The van der Waals surface area contributed by atoms with E-state index in [2.05, 4.69) is 10.6 Å². The van der Waals surface area contributed by atoms with Gasteiger partial charge in [0.05, 0.1) is 5.57 Å². The third-order valence-corrected chi connectivity index (χ3v) is 3.23. The zero-order valence-corrected chi connectivity index (χ0v) is 10.7. The number of nitrogens with one attached hydrogen (secondary N) is 2.